The summed E-state index contributed by atoms with van der Waals surface area (Å²) in [5.74, 6) is -0.688. The minimum absolute atomic E-state index is 0.154. The number of carbonyl (C=O) groups excluding carboxylic acids is 3. The maximum absolute atomic E-state index is 12.7. The molecule has 1 aliphatic rings. The lowest BCUT2D eigenvalue weighted by molar-refractivity contribution is -0.140. The second-order valence-corrected chi connectivity index (χ2v) is 5.20. The van der Waals surface area contributed by atoms with Crippen molar-refractivity contribution in [3.63, 3.8) is 0 Å². The average molecular weight is 309 g/mol. The molecule has 0 amide bonds. The van der Waals surface area contributed by atoms with Gasteiger partial charge in [0.05, 0.1) is 5.56 Å². The number of fused-ring (bicyclic) bond motifs is 2. The number of benzene rings is 2. The van der Waals surface area contributed by atoms with Crippen molar-refractivity contribution in [3.8, 4) is 0 Å². The molecule has 2 aromatic carbocycles. The molecule has 2 aromatic rings. The Kier molecular flexibility index (Phi) is 3.93. The Balaban J connectivity index is 1.93. The summed E-state index contributed by atoms with van der Waals surface area (Å²) in [5, 5.41) is 3.06. The minimum atomic E-state index is -0.359. The van der Waals surface area contributed by atoms with Crippen molar-refractivity contribution in [1.29, 1.82) is 0 Å². The number of anilines is 1. The highest BCUT2D eigenvalue weighted by Crippen LogP contribution is 2.31. The van der Waals surface area contributed by atoms with Gasteiger partial charge in [-0.05, 0) is 6.07 Å². The Hall–Kier alpha value is -2.95. The van der Waals surface area contributed by atoms with E-state index in [0.29, 0.717) is 34.5 Å². The van der Waals surface area contributed by atoms with Crippen molar-refractivity contribution in [2.24, 2.45) is 0 Å². The van der Waals surface area contributed by atoms with E-state index < -0.39 is 0 Å². The lowest BCUT2D eigenvalue weighted by Crippen LogP contribution is -2.23. The molecular formula is C18H15NO4. The van der Waals surface area contributed by atoms with Crippen LogP contribution in [0.25, 0.3) is 0 Å². The lowest BCUT2D eigenvalue weighted by atomic mass is 9.83. The van der Waals surface area contributed by atoms with Crippen molar-refractivity contribution in [1.82, 2.24) is 0 Å². The SMILES string of the molecule is CC(=O)OCCNc1cccc2c1C(=O)c1ccccc1C2=O. The topological polar surface area (TPSA) is 72.5 Å². The average Bonchev–Trinajstić information content (AvgIpc) is 2.56. The molecule has 0 fully saturated rings. The zero-order valence-corrected chi connectivity index (χ0v) is 12.6. The molecular weight excluding hydrogens is 294 g/mol. The van der Waals surface area contributed by atoms with Crippen LogP contribution < -0.4 is 5.32 Å². The molecule has 3 rings (SSSR count). The second-order valence-electron chi connectivity index (χ2n) is 5.20. The predicted octanol–water partition coefficient (Wildman–Crippen LogP) is 2.44. The molecule has 0 spiro atoms. The van der Waals surface area contributed by atoms with E-state index in [0.717, 1.165) is 0 Å². The summed E-state index contributed by atoms with van der Waals surface area (Å²) in [5.41, 5.74) is 2.19. The van der Waals surface area contributed by atoms with Gasteiger partial charge in [-0.25, -0.2) is 0 Å². The fraction of sp³-hybridized carbons (Fsp3) is 0.167. The van der Waals surface area contributed by atoms with E-state index in [2.05, 4.69) is 5.32 Å². The Morgan fingerprint density at radius 2 is 1.61 bits per heavy atom. The van der Waals surface area contributed by atoms with E-state index in [1.54, 1.807) is 42.5 Å². The molecule has 116 valence electrons. The molecule has 5 nitrogen and oxygen atoms in total. The molecule has 0 heterocycles. The molecule has 0 atom stereocenters. The molecule has 0 saturated heterocycles. The molecule has 0 aromatic heterocycles. The first-order valence-electron chi connectivity index (χ1n) is 7.28. The molecule has 23 heavy (non-hydrogen) atoms. The number of carbonyl (C=O) groups is 3. The molecule has 0 bridgehead atoms. The molecule has 1 N–H and O–H groups in total. The van der Waals surface area contributed by atoms with Crippen LogP contribution in [-0.2, 0) is 9.53 Å². The van der Waals surface area contributed by atoms with Gasteiger partial charge < -0.3 is 10.1 Å². The third-order valence-electron chi connectivity index (χ3n) is 3.68. The van der Waals surface area contributed by atoms with Gasteiger partial charge in [0, 0.05) is 35.8 Å². The van der Waals surface area contributed by atoms with Gasteiger partial charge in [0.15, 0.2) is 11.6 Å². The highest BCUT2D eigenvalue weighted by molar-refractivity contribution is 6.30. The van der Waals surface area contributed by atoms with Crippen molar-refractivity contribution < 1.29 is 19.1 Å². The van der Waals surface area contributed by atoms with Crippen molar-refractivity contribution in [2.45, 2.75) is 6.92 Å². The van der Waals surface area contributed by atoms with Crippen LogP contribution in [0, 0.1) is 0 Å². The first kappa shape index (κ1) is 15.0. The summed E-state index contributed by atoms with van der Waals surface area (Å²) in [6.45, 7) is 1.89. The normalized spacial score (nSPS) is 12.4. The summed E-state index contributed by atoms with van der Waals surface area (Å²) in [6.07, 6.45) is 0. The third kappa shape index (κ3) is 2.73. The molecule has 0 aliphatic heterocycles. The first-order valence-corrected chi connectivity index (χ1v) is 7.28. The standard InChI is InChI=1S/C18H15NO4/c1-11(20)23-10-9-19-15-8-4-7-14-16(15)18(22)13-6-3-2-5-12(13)17(14)21/h2-8,19H,9-10H2,1H3. The Morgan fingerprint density at radius 3 is 2.30 bits per heavy atom. The number of ketones is 2. The fourth-order valence-electron chi connectivity index (χ4n) is 2.67. The quantitative estimate of drug-likeness (QED) is 0.592. The van der Waals surface area contributed by atoms with E-state index in [1.807, 2.05) is 0 Å². The van der Waals surface area contributed by atoms with Crippen LogP contribution in [0.5, 0.6) is 0 Å². The Morgan fingerprint density at radius 1 is 0.957 bits per heavy atom. The second kappa shape index (κ2) is 6.04. The zero-order chi connectivity index (χ0) is 16.4. The van der Waals surface area contributed by atoms with E-state index >= 15 is 0 Å². The van der Waals surface area contributed by atoms with E-state index in [-0.39, 0.29) is 24.1 Å². The van der Waals surface area contributed by atoms with Gasteiger partial charge in [-0.2, -0.15) is 0 Å². The Bertz CT molecular complexity index is 810. The van der Waals surface area contributed by atoms with E-state index in [4.69, 9.17) is 4.74 Å². The highest BCUT2D eigenvalue weighted by atomic mass is 16.5. The maximum Gasteiger partial charge on any atom is 0.302 e. The van der Waals surface area contributed by atoms with Crippen LogP contribution in [0.1, 0.15) is 38.8 Å². The number of esters is 1. The highest BCUT2D eigenvalue weighted by Gasteiger charge is 2.31. The maximum atomic E-state index is 12.7. The van der Waals surface area contributed by atoms with Gasteiger partial charge >= 0.3 is 5.97 Å². The van der Waals surface area contributed by atoms with Crippen LogP contribution in [0.2, 0.25) is 0 Å². The van der Waals surface area contributed by atoms with Crippen molar-refractivity contribution in [3.05, 3.63) is 64.7 Å². The van der Waals surface area contributed by atoms with Crippen molar-refractivity contribution in [2.75, 3.05) is 18.5 Å². The summed E-state index contributed by atoms with van der Waals surface area (Å²) in [4.78, 5) is 36.1. The summed E-state index contributed by atoms with van der Waals surface area (Å²) < 4.78 is 4.86. The lowest BCUT2D eigenvalue weighted by Gasteiger charge is -2.20. The number of hydrogen-bond donors (Lipinski definition) is 1. The van der Waals surface area contributed by atoms with Gasteiger partial charge in [-0.1, -0.05) is 36.4 Å². The van der Waals surface area contributed by atoms with Crippen LogP contribution in [0.4, 0.5) is 5.69 Å². The molecule has 0 unspecified atom stereocenters. The van der Waals surface area contributed by atoms with Gasteiger partial charge in [0.25, 0.3) is 0 Å². The van der Waals surface area contributed by atoms with Gasteiger partial charge in [-0.3, -0.25) is 14.4 Å². The smallest absolute Gasteiger partial charge is 0.302 e. The number of hydrogen-bond acceptors (Lipinski definition) is 5. The molecule has 0 radical (unpaired) electrons. The van der Waals surface area contributed by atoms with E-state index in [1.165, 1.54) is 6.92 Å². The largest absolute Gasteiger partial charge is 0.464 e. The van der Waals surface area contributed by atoms with E-state index in [9.17, 15) is 14.4 Å². The first-order chi connectivity index (χ1) is 11.1. The third-order valence-corrected chi connectivity index (χ3v) is 3.68. The fourth-order valence-corrected chi connectivity index (χ4v) is 2.67. The molecule has 0 saturated carbocycles. The van der Waals surface area contributed by atoms with Crippen LogP contribution >= 0.6 is 0 Å². The summed E-state index contributed by atoms with van der Waals surface area (Å²) in [6, 6.07) is 11.9. The zero-order valence-electron chi connectivity index (χ0n) is 12.6. The van der Waals surface area contributed by atoms with Crippen molar-refractivity contribution >= 4 is 23.2 Å². The van der Waals surface area contributed by atoms with Gasteiger partial charge in [0.1, 0.15) is 6.61 Å². The summed E-state index contributed by atoms with van der Waals surface area (Å²) in [7, 11) is 0. The monoisotopic (exact) mass is 309 g/mol. The predicted molar refractivity (Wildman–Crippen MR) is 84.9 cm³/mol. The molecule has 5 heteroatoms. The van der Waals surface area contributed by atoms with Crippen LogP contribution in [-0.4, -0.2) is 30.7 Å². The minimum Gasteiger partial charge on any atom is -0.464 e. The molecule has 1 aliphatic carbocycles. The van der Waals surface area contributed by atoms with Gasteiger partial charge in [-0.15, -0.1) is 0 Å². The number of nitrogens with one attached hydrogen (secondary N) is 1. The van der Waals surface area contributed by atoms with Crippen LogP contribution in [0.15, 0.2) is 42.5 Å². The van der Waals surface area contributed by atoms with Crippen LogP contribution in [0.3, 0.4) is 0 Å². The summed E-state index contributed by atoms with van der Waals surface area (Å²) >= 11 is 0. The number of ether oxygens (including phenoxy) is 1. The number of rotatable bonds is 4. The van der Waals surface area contributed by atoms with Gasteiger partial charge in [0.2, 0.25) is 0 Å². The Labute approximate surface area is 133 Å².